The quantitative estimate of drug-likeness (QED) is 0.737. The number of imide groups is 1. The molecule has 0 fully saturated rings. The van der Waals surface area contributed by atoms with Crippen molar-refractivity contribution in [3.8, 4) is 11.3 Å². The highest BCUT2D eigenvalue weighted by Gasteiger charge is 2.37. The number of nitrogens with zero attached hydrogens (tertiary/aromatic N) is 2. The third-order valence-corrected chi connectivity index (χ3v) is 4.21. The second kappa shape index (κ2) is 5.93. The fourth-order valence-corrected chi connectivity index (χ4v) is 2.89. The van der Waals surface area contributed by atoms with Gasteiger partial charge in [0.1, 0.15) is 0 Å². The number of pyridine rings is 1. The summed E-state index contributed by atoms with van der Waals surface area (Å²) < 4.78 is 0. The third kappa shape index (κ3) is 2.44. The molecule has 0 aliphatic carbocycles. The van der Waals surface area contributed by atoms with Crippen molar-refractivity contribution in [3.63, 3.8) is 0 Å². The van der Waals surface area contributed by atoms with Crippen molar-refractivity contribution in [2.24, 2.45) is 0 Å². The van der Waals surface area contributed by atoms with Crippen molar-refractivity contribution in [3.05, 3.63) is 83.6 Å². The van der Waals surface area contributed by atoms with E-state index in [0.29, 0.717) is 11.4 Å². The Bertz CT molecular complexity index is 1040. The highest BCUT2D eigenvalue weighted by Crippen LogP contribution is 2.30. The summed E-state index contributed by atoms with van der Waals surface area (Å²) in [5.41, 5.74) is 2.37. The molecular formula is C20H12N2O4. The zero-order chi connectivity index (χ0) is 18.3. The lowest BCUT2D eigenvalue weighted by Crippen LogP contribution is -2.29. The van der Waals surface area contributed by atoms with Gasteiger partial charge in [-0.3, -0.25) is 14.6 Å². The number of amides is 2. The number of anilines is 1. The summed E-state index contributed by atoms with van der Waals surface area (Å²) >= 11 is 0. The molecule has 0 radical (unpaired) electrons. The van der Waals surface area contributed by atoms with E-state index in [2.05, 4.69) is 4.98 Å². The van der Waals surface area contributed by atoms with Gasteiger partial charge in [0.05, 0.1) is 28.1 Å². The second-order valence-electron chi connectivity index (χ2n) is 5.78. The summed E-state index contributed by atoms with van der Waals surface area (Å²) in [7, 11) is 0. The van der Waals surface area contributed by atoms with E-state index in [4.69, 9.17) is 5.11 Å². The molecule has 0 unspecified atom stereocenters. The van der Waals surface area contributed by atoms with Gasteiger partial charge in [0, 0.05) is 11.8 Å². The number of rotatable bonds is 3. The highest BCUT2D eigenvalue weighted by molar-refractivity contribution is 6.34. The van der Waals surface area contributed by atoms with Crippen molar-refractivity contribution in [1.29, 1.82) is 0 Å². The van der Waals surface area contributed by atoms with Crippen LogP contribution in [0.3, 0.4) is 0 Å². The Hall–Kier alpha value is -3.80. The Kier molecular flexibility index (Phi) is 3.58. The van der Waals surface area contributed by atoms with Crippen molar-refractivity contribution in [2.75, 3.05) is 4.90 Å². The lowest BCUT2D eigenvalue weighted by molar-refractivity contribution is 0.0696. The number of hydrogen-bond acceptors (Lipinski definition) is 4. The van der Waals surface area contributed by atoms with Crippen LogP contribution >= 0.6 is 0 Å². The highest BCUT2D eigenvalue weighted by atomic mass is 16.4. The van der Waals surface area contributed by atoms with Gasteiger partial charge in [-0.1, -0.05) is 30.3 Å². The van der Waals surface area contributed by atoms with Crippen LogP contribution in [0.25, 0.3) is 11.3 Å². The lowest BCUT2D eigenvalue weighted by Gasteiger charge is -2.13. The number of aromatic nitrogens is 1. The van der Waals surface area contributed by atoms with E-state index < -0.39 is 17.8 Å². The molecule has 1 N–H and O–H groups in total. The molecule has 0 saturated heterocycles. The molecule has 2 aromatic carbocycles. The number of aromatic carboxylic acids is 1. The molecule has 0 saturated carbocycles. The van der Waals surface area contributed by atoms with Crippen LogP contribution in [0.4, 0.5) is 5.69 Å². The predicted octanol–water partition coefficient (Wildman–Crippen LogP) is 3.25. The summed E-state index contributed by atoms with van der Waals surface area (Å²) in [5.74, 6) is -2.00. The number of carbonyl (C=O) groups excluding carboxylic acids is 2. The normalized spacial score (nSPS) is 13.0. The minimum Gasteiger partial charge on any atom is -0.478 e. The van der Waals surface area contributed by atoms with Gasteiger partial charge in [-0.25, -0.2) is 9.69 Å². The number of hydrogen-bond donors (Lipinski definition) is 1. The molecule has 0 bridgehead atoms. The molecule has 4 rings (SSSR count). The number of carboxylic acids is 1. The molecule has 3 aromatic rings. The molecule has 26 heavy (non-hydrogen) atoms. The average Bonchev–Trinajstić information content (AvgIpc) is 2.93. The average molecular weight is 344 g/mol. The van der Waals surface area contributed by atoms with Crippen LogP contribution in [0.5, 0.6) is 0 Å². The van der Waals surface area contributed by atoms with Gasteiger partial charge < -0.3 is 5.11 Å². The standard InChI is InChI=1S/C20H12N2O4/c23-18-15-10-17(12-4-2-1-3-5-12)21-11-16(15)19(24)22(18)14-8-6-13(7-9-14)20(25)26/h1-11H,(H,25,26). The van der Waals surface area contributed by atoms with Gasteiger partial charge in [0.25, 0.3) is 11.8 Å². The van der Waals surface area contributed by atoms with E-state index in [-0.39, 0.29) is 16.7 Å². The van der Waals surface area contributed by atoms with E-state index in [1.54, 1.807) is 6.07 Å². The molecule has 6 heteroatoms. The summed E-state index contributed by atoms with van der Waals surface area (Å²) in [6.45, 7) is 0. The first-order valence-corrected chi connectivity index (χ1v) is 7.84. The predicted molar refractivity (Wildman–Crippen MR) is 94.2 cm³/mol. The zero-order valence-electron chi connectivity index (χ0n) is 13.4. The maximum atomic E-state index is 12.8. The zero-order valence-corrected chi connectivity index (χ0v) is 13.4. The summed E-state index contributed by atoms with van der Waals surface area (Å²) in [6.07, 6.45) is 1.41. The van der Waals surface area contributed by atoms with Crippen LogP contribution in [0.2, 0.25) is 0 Å². The molecule has 1 aliphatic rings. The van der Waals surface area contributed by atoms with Gasteiger partial charge in [-0.15, -0.1) is 0 Å². The molecule has 1 aromatic heterocycles. The van der Waals surface area contributed by atoms with E-state index >= 15 is 0 Å². The van der Waals surface area contributed by atoms with Gasteiger partial charge >= 0.3 is 5.97 Å². The first-order chi connectivity index (χ1) is 12.6. The smallest absolute Gasteiger partial charge is 0.335 e. The molecule has 0 spiro atoms. The number of fused-ring (bicyclic) bond motifs is 1. The Balaban J connectivity index is 1.73. The van der Waals surface area contributed by atoms with E-state index in [1.807, 2.05) is 30.3 Å². The lowest BCUT2D eigenvalue weighted by atomic mass is 10.1. The molecule has 126 valence electrons. The van der Waals surface area contributed by atoms with E-state index in [1.165, 1.54) is 30.5 Å². The van der Waals surface area contributed by atoms with Crippen LogP contribution in [-0.4, -0.2) is 27.9 Å². The third-order valence-electron chi connectivity index (χ3n) is 4.21. The molecule has 0 atom stereocenters. The monoisotopic (exact) mass is 344 g/mol. The number of carbonyl (C=O) groups is 3. The van der Waals surface area contributed by atoms with Crippen LogP contribution in [0.15, 0.2) is 66.9 Å². The van der Waals surface area contributed by atoms with Crippen LogP contribution in [-0.2, 0) is 0 Å². The number of benzene rings is 2. The minimum atomic E-state index is -1.07. The fraction of sp³-hybridized carbons (Fsp3) is 0. The molecule has 2 amide bonds. The Morgan fingerprint density at radius 2 is 1.54 bits per heavy atom. The Morgan fingerprint density at radius 3 is 2.19 bits per heavy atom. The first-order valence-electron chi connectivity index (χ1n) is 7.84. The molecule has 6 nitrogen and oxygen atoms in total. The first kappa shape index (κ1) is 15.7. The maximum absolute atomic E-state index is 12.8. The van der Waals surface area contributed by atoms with Crippen molar-refractivity contribution in [1.82, 2.24) is 4.98 Å². The van der Waals surface area contributed by atoms with Crippen LogP contribution in [0, 0.1) is 0 Å². The molecule has 1 aliphatic heterocycles. The van der Waals surface area contributed by atoms with Crippen LogP contribution < -0.4 is 4.90 Å². The fourth-order valence-electron chi connectivity index (χ4n) is 2.89. The Morgan fingerprint density at radius 1 is 0.885 bits per heavy atom. The van der Waals surface area contributed by atoms with E-state index in [9.17, 15) is 14.4 Å². The molecule has 2 heterocycles. The SMILES string of the molecule is O=C(O)c1ccc(N2C(=O)c3cnc(-c4ccccc4)cc3C2=O)cc1. The molecular weight excluding hydrogens is 332 g/mol. The minimum absolute atomic E-state index is 0.0818. The summed E-state index contributed by atoms with van der Waals surface area (Å²) in [4.78, 5) is 41.7. The number of carboxylic acid groups (broad SMARTS) is 1. The van der Waals surface area contributed by atoms with E-state index in [0.717, 1.165) is 10.5 Å². The largest absolute Gasteiger partial charge is 0.478 e. The van der Waals surface area contributed by atoms with Gasteiger partial charge in [0.2, 0.25) is 0 Å². The van der Waals surface area contributed by atoms with Crippen LogP contribution in [0.1, 0.15) is 31.1 Å². The topological polar surface area (TPSA) is 87.6 Å². The summed E-state index contributed by atoms with van der Waals surface area (Å²) in [5, 5.41) is 8.97. The van der Waals surface area contributed by atoms with Gasteiger partial charge in [-0.2, -0.15) is 0 Å². The maximum Gasteiger partial charge on any atom is 0.335 e. The second-order valence-corrected chi connectivity index (χ2v) is 5.78. The Labute approximate surface area is 148 Å². The summed E-state index contributed by atoms with van der Waals surface area (Å²) in [6, 6.07) is 16.6. The van der Waals surface area contributed by atoms with Crippen molar-refractivity contribution < 1.29 is 19.5 Å². The van der Waals surface area contributed by atoms with Crippen molar-refractivity contribution in [2.45, 2.75) is 0 Å². The van der Waals surface area contributed by atoms with Gasteiger partial charge in [-0.05, 0) is 30.3 Å². The van der Waals surface area contributed by atoms with Crippen molar-refractivity contribution >= 4 is 23.5 Å². The van der Waals surface area contributed by atoms with Gasteiger partial charge in [0.15, 0.2) is 0 Å².